The minimum atomic E-state index is 0.446. The summed E-state index contributed by atoms with van der Waals surface area (Å²) in [5.41, 5.74) is 3.90. The second kappa shape index (κ2) is 6.54. The minimum Gasteiger partial charge on any atom is -0.496 e. The van der Waals surface area contributed by atoms with Crippen molar-refractivity contribution in [2.24, 2.45) is 0 Å². The number of benzene rings is 1. The highest BCUT2D eigenvalue weighted by Crippen LogP contribution is 2.44. The van der Waals surface area contributed by atoms with Crippen molar-refractivity contribution >= 4 is 5.95 Å². The van der Waals surface area contributed by atoms with Crippen LogP contribution in [0.2, 0.25) is 0 Å². The van der Waals surface area contributed by atoms with Crippen molar-refractivity contribution in [3.05, 3.63) is 47.3 Å². The van der Waals surface area contributed by atoms with Gasteiger partial charge in [-0.1, -0.05) is 18.2 Å². The predicted octanol–water partition coefficient (Wildman–Crippen LogP) is 3.35. The van der Waals surface area contributed by atoms with E-state index in [2.05, 4.69) is 34.2 Å². The van der Waals surface area contributed by atoms with Crippen molar-refractivity contribution in [2.45, 2.75) is 50.7 Å². The van der Waals surface area contributed by atoms with E-state index in [4.69, 9.17) is 14.7 Å². The van der Waals surface area contributed by atoms with Crippen LogP contribution in [0.1, 0.15) is 48.5 Å². The molecular formula is C21H26N4O. The van der Waals surface area contributed by atoms with Crippen molar-refractivity contribution in [2.75, 3.05) is 25.1 Å². The standard InChI is InChI=1S/C21H26N4O/c1-26-20-7-3-2-6-15(20)14-25-16-8-9-19(25)17-13-22-21(23-18(17)12-16)24-10-4-5-11-24/h2-3,6-7,13,16,19H,4-5,8-12,14H2,1H3/t16-,19-/m0/s1. The minimum absolute atomic E-state index is 0.446. The van der Waals surface area contributed by atoms with Crippen LogP contribution >= 0.6 is 0 Å². The van der Waals surface area contributed by atoms with Crippen molar-refractivity contribution < 1.29 is 4.74 Å². The summed E-state index contributed by atoms with van der Waals surface area (Å²) in [5.74, 6) is 1.93. The van der Waals surface area contributed by atoms with Crippen LogP contribution in [0.25, 0.3) is 0 Å². The average Bonchev–Trinajstić information content (AvgIpc) is 3.30. The van der Waals surface area contributed by atoms with Crippen LogP contribution in [-0.4, -0.2) is 41.1 Å². The van der Waals surface area contributed by atoms with Gasteiger partial charge in [0.25, 0.3) is 0 Å². The van der Waals surface area contributed by atoms with Crippen LogP contribution < -0.4 is 9.64 Å². The topological polar surface area (TPSA) is 41.5 Å². The molecule has 26 heavy (non-hydrogen) atoms. The molecule has 0 saturated carbocycles. The van der Waals surface area contributed by atoms with E-state index in [0.717, 1.165) is 37.8 Å². The molecule has 2 aromatic rings. The Kier molecular flexibility index (Phi) is 4.04. The first kappa shape index (κ1) is 16.1. The van der Waals surface area contributed by atoms with Gasteiger partial charge in [-0.2, -0.15) is 0 Å². The lowest BCUT2D eigenvalue weighted by atomic mass is 9.98. The van der Waals surface area contributed by atoms with Crippen LogP contribution in [0, 0.1) is 0 Å². The van der Waals surface area contributed by atoms with Gasteiger partial charge in [0.2, 0.25) is 5.95 Å². The number of aromatic nitrogens is 2. The lowest BCUT2D eigenvalue weighted by Crippen LogP contribution is -2.38. The number of hydrogen-bond acceptors (Lipinski definition) is 5. The van der Waals surface area contributed by atoms with Gasteiger partial charge in [0.1, 0.15) is 5.75 Å². The average molecular weight is 350 g/mol. The number of methoxy groups -OCH3 is 1. The van der Waals surface area contributed by atoms with Crippen molar-refractivity contribution in [3.8, 4) is 5.75 Å². The summed E-state index contributed by atoms with van der Waals surface area (Å²) in [6.07, 6.45) is 8.13. The Morgan fingerprint density at radius 1 is 1.15 bits per heavy atom. The highest BCUT2D eigenvalue weighted by Gasteiger charge is 2.41. The molecule has 5 nitrogen and oxygen atoms in total. The summed E-state index contributed by atoms with van der Waals surface area (Å²) in [6, 6.07) is 9.40. The Balaban J connectivity index is 1.42. The van der Waals surface area contributed by atoms with Gasteiger partial charge in [-0.15, -0.1) is 0 Å². The van der Waals surface area contributed by atoms with Crippen LogP contribution in [-0.2, 0) is 13.0 Å². The first-order valence-electron chi connectivity index (χ1n) is 9.82. The maximum atomic E-state index is 5.56. The van der Waals surface area contributed by atoms with Gasteiger partial charge in [-0.05, 0) is 31.7 Å². The SMILES string of the molecule is COc1ccccc1CN1[C@H]2CC[C@H]1c1cnc(N3CCCC3)nc1C2. The van der Waals surface area contributed by atoms with Crippen molar-refractivity contribution in [1.82, 2.24) is 14.9 Å². The molecule has 2 saturated heterocycles. The molecule has 0 aliphatic carbocycles. The molecule has 4 heterocycles. The fourth-order valence-electron chi connectivity index (χ4n) is 4.91. The fraction of sp³-hybridized carbons (Fsp3) is 0.524. The van der Waals surface area contributed by atoms with E-state index in [9.17, 15) is 0 Å². The number of nitrogens with zero attached hydrogens (tertiary/aromatic N) is 4. The predicted molar refractivity (Wildman–Crippen MR) is 101 cm³/mol. The molecule has 0 N–H and O–H groups in total. The molecule has 3 aliphatic rings. The van der Waals surface area contributed by atoms with Crippen molar-refractivity contribution in [3.63, 3.8) is 0 Å². The highest BCUT2D eigenvalue weighted by atomic mass is 16.5. The van der Waals surface area contributed by atoms with Crippen LogP contribution in [0.4, 0.5) is 5.95 Å². The zero-order valence-electron chi connectivity index (χ0n) is 15.4. The van der Waals surface area contributed by atoms with Gasteiger partial charge in [0.15, 0.2) is 0 Å². The fourth-order valence-corrected chi connectivity index (χ4v) is 4.91. The smallest absolute Gasteiger partial charge is 0.225 e. The van der Waals surface area contributed by atoms with Crippen LogP contribution in [0.5, 0.6) is 5.75 Å². The molecule has 2 atom stereocenters. The summed E-state index contributed by atoms with van der Waals surface area (Å²) in [7, 11) is 1.76. The van der Waals surface area contributed by atoms with Crippen LogP contribution in [0.3, 0.4) is 0 Å². The van der Waals surface area contributed by atoms with E-state index in [0.29, 0.717) is 12.1 Å². The largest absolute Gasteiger partial charge is 0.496 e. The Hall–Kier alpha value is -2.14. The summed E-state index contributed by atoms with van der Waals surface area (Å²) >= 11 is 0. The molecule has 2 fully saturated rings. The van der Waals surface area contributed by atoms with Crippen LogP contribution in [0.15, 0.2) is 30.5 Å². The lowest BCUT2D eigenvalue weighted by molar-refractivity contribution is 0.164. The molecule has 0 unspecified atom stereocenters. The first-order chi connectivity index (χ1) is 12.8. The van der Waals surface area contributed by atoms with E-state index >= 15 is 0 Å². The number of anilines is 1. The number of rotatable bonds is 4. The molecule has 1 aromatic heterocycles. The molecule has 1 aromatic carbocycles. The van der Waals surface area contributed by atoms with E-state index in [1.54, 1.807) is 7.11 Å². The van der Waals surface area contributed by atoms with Gasteiger partial charge in [-0.3, -0.25) is 4.90 Å². The second-order valence-electron chi connectivity index (χ2n) is 7.70. The maximum absolute atomic E-state index is 5.56. The molecular weight excluding hydrogens is 324 g/mol. The van der Waals surface area contributed by atoms with Crippen molar-refractivity contribution in [1.29, 1.82) is 0 Å². The zero-order chi connectivity index (χ0) is 17.5. The quantitative estimate of drug-likeness (QED) is 0.846. The maximum Gasteiger partial charge on any atom is 0.225 e. The third-order valence-electron chi connectivity index (χ3n) is 6.25. The molecule has 5 heteroatoms. The Labute approximate surface area is 155 Å². The van der Waals surface area contributed by atoms with Gasteiger partial charge in [0.05, 0.1) is 12.8 Å². The number of para-hydroxylation sites is 1. The molecule has 5 rings (SSSR count). The third kappa shape index (κ3) is 2.65. The van der Waals surface area contributed by atoms with Gasteiger partial charge in [0, 0.05) is 55.5 Å². The van der Waals surface area contributed by atoms with E-state index in [-0.39, 0.29) is 0 Å². The Morgan fingerprint density at radius 2 is 2.00 bits per heavy atom. The summed E-state index contributed by atoms with van der Waals surface area (Å²) in [5, 5.41) is 0. The first-order valence-corrected chi connectivity index (χ1v) is 9.82. The van der Waals surface area contributed by atoms with E-state index in [1.807, 2.05) is 6.07 Å². The third-order valence-corrected chi connectivity index (χ3v) is 6.25. The summed E-state index contributed by atoms with van der Waals surface area (Å²) in [6.45, 7) is 3.14. The van der Waals surface area contributed by atoms with E-state index in [1.165, 1.54) is 42.5 Å². The zero-order valence-corrected chi connectivity index (χ0v) is 15.4. The second-order valence-corrected chi connectivity index (χ2v) is 7.70. The molecule has 0 spiro atoms. The number of ether oxygens (including phenoxy) is 1. The molecule has 0 amide bonds. The molecule has 2 bridgehead atoms. The monoisotopic (exact) mass is 350 g/mol. The molecule has 136 valence electrons. The number of fused-ring (bicyclic) bond motifs is 4. The van der Waals surface area contributed by atoms with Gasteiger partial charge >= 0.3 is 0 Å². The summed E-state index contributed by atoms with van der Waals surface area (Å²) < 4.78 is 5.56. The van der Waals surface area contributed by atoms with Gasteiger partial charge < -0.3 is 9.64 Å². The molecule has 0 radical (unpaired) electrons. The highest BCUT2D eigenvalue weighted by molar-refractivity contribution is 5.39. The number of hydrogen-bond donors (Lipinski definition) is 0. The summed E-state index contributed by atoms with van der Waals surface area (Å²) in [4.78, 5) is 14.7. The molecule has 3 aliphatic heterocycles. The van der Waals surface area contributed by atoms with Gasteiger partial charge in [-0.25, -0.2) is 9.97 Å². The lowest BCUT2D eigenvalue weighted by Gasteiger charge is -2.36. The normalized spacial score (nSPS) is 24.7. The Morgan fingerprint density at radius 3 is 2.85 bits per heavy atom. The Bertz CT molecular complexity index is 802. The van der Waals surface area contributed by atoms with E-state index < -0.39 is 0 Å².